The van der Waals surface area contributed by atoms with Gasteiger partial charge in [0, 0.05) is 11.9 Å². The molecule has 1 aliphatic heterocycles. The molecule has 0 aromatic heterocycles. The van der Waals surface area contributed by atoms with Crippen molar-refractivity contribution in [3.8, 4) is 5.75 Å². The van der Waals surface area contributed by atoms with Crippen molar-refractivity contribution in [2.75, 3.05) is 13.2 Å². The van der Waals surface area contributed by atoms with Crippen LogP contribution in [0.3, 0.4) is 0 Å². The van der Waals surface area contributed by atoms with Crippen LogP contribution in [0.25, 0.3) is 10.8 Å². The van der Waals surface area contributed by atoms with E-state index in [0.717, 1.165) is 10.4 Å². The van der Waals surface area contributed by atoms with Gasteiger partial charge in [-0.2, -0.15) is 13.2 Å². The van der Waals surface area contributed by atoms with Gasteiger partial charge in [0.1, 0.15) is 11.8 Å². The van der Waals surface area contributed by atoms with E-state index in [2.05, 4.69) is 5.43 Å². The lowest BCUT2D eigenvalue weighted by Gasteiger charge is -2.30. The normalized spacial score (nSPS) is 18.8. The monoisotopic (exact) mass is 366 g/mol. The zero-order chi connectivity index (χ0) is 19.1. The quantitative estimate of drug-likeness (QED) is 0.881. The minimum Gasteiger partial charge on any atom is -0.493 e. The fraction of sp³-hybridized carbons (Fsp3) is 0.421. The van der Waals surface area contributed by atoms with Crippen molar-refractivity contribution in [1.29, 1.82) is 0 Å². The van der Waals surface area contributed by atoms with Crippen LogP contribution in [0.1, 0.15) is 32.4 Å². The summed E-state index contributed by atoms with van der Waals surface area (Å²) in [6, 6.07) is 7.97. The Labute approximate surface area is 149 Å². The summed E-state index contributed by atoms with van der Waals surface area (Å²) in [7, 11) is 0. The van der Waals surface area contributed by atoms with Crippen LogP contribution < -0.4 is 10.2 Å². The van der Waals surface area contributed by atoms with Crippen LogP contribution in [-0.2, 0) is 4.79 Å². The molecule has 2 aromatic rings. The van der Waals surface area contributed by atoms with Crippen LogP contribution >= 0.6 is 0 Å². The predicted molar refractivity (Wildman–Crippen MR) is 92.5 cm³/mol. The summed E-state index contributed by atoms with van der Waals surface area (Å²) >= 11 is 0. The Hall–Kier alpha value is -2.28. The molecule has 1 fully saturated rings. The molecule has 1 N–H and O–H groups in total. The molecule has 1 amide bonds. The van der Waals surface area contributed by atoms with Crippen LogP contribution in [0.5, 0.6) is 5.75 Å². The van der Waals surface area contributed by atoms with Crippen molar-refractivity contribution < 1.29 is 22.7 Å². The molecule has 0 saturated carbocycles. The second kappa shape index (κ2) is 6.46. The Bertz CT molecular complexity index is 833. The van der Waals surface area contributed by atoms with E-state index in [9.17, 15) is 18.0 Å². The van der Waals surface area contributed by atoms with Crippen molar-refractivity contribution in [3.63, 3.8) is 0 Å². The topological polar surface area (TPSA) is 41.6 Å². The molecule has 7 heteroatoms. The molecular weight excluding hydrogens is 345 g/mol. The molecule has 26 heavy (non-hydrogen) atoms. The number of hydrogen-bond acceptors (Lipinski definition) is 3. The number of carbonyl (C=O) groups excluding carboxylic acids is 1. The number of rotatable bonds is 4. The van der Waals surface area contributed by atoms with Crippen LogP contribution in [0.15, 0.2) is 36.4 Å². The number of ether oxygens (including phenoxy) is 1. The molecule has 0 radical (unpaired) electrons. The first-order chi connectivity index (χ1) is 12.1. The molecule has 4 nitrogen and oxygen atoms in total. The summed E-state index contributed by atoms with van der Waals surface area (Å²) in [5, 5.41) is 2.40. The molecule has 0 aliphatic carbocycles. The minimum atomic E-state index is -4.53. The van der Waals surface area contributed by atoms with E-state index in [0.29, 0.717) is 17.7 Å². The van der Waals surface area contributed by atoms with E-state index in [4.69, 9.17) is 4.74 Å². The maximum Gasteiger partial charge on any atom is 0.409 e. The van der Waals surface area contributed by atoms with Crippen molar-refractivity contribution in [1.82, 2.24) is 10.4 Å². The zero-order valence-electron chi connectivity index (χ0n) is 14.9. The second-order valence-electron chi connectivity index (χ2n) is 7.07. The highest BCUT2D eigenvalue weighted by atomic mass is 19.4. The molecule has 0 spiro atoms. The third kappa shape index (κ3) is 3.35. The molecule has 1 atom stereocenters. The van der Waals surface area contributed by atoms with Gasteiger partial charge in [0.2, 0.25) is 5.91 Å². The van der Waals surface area contributed by atoms with Gasteiger partial charge in [-0.1, -0.05) is 24.3 Å². The van der Waals surface area contributed by atoms with Gasteiger partial charge < -0.3 is 4.74 Å². The van der Waals surface area contributed by atoms with Gasteiger partial charge in [0.25, 0.3) is 0 Å². The van der Waals surface area contributed by atoms with Crippen LogP contribution in [0.4, 0.5) is 13.2 Å². The summed E-state index contributed by atoms with van der Waals surface area (Å²) in [5.41, 5.74) is 1.59. The number of nitrogens with one attached hydrogen (secondary N) is 1. The fourth-order valence-corrected chi connectivity index (χ4v) is 3.24. The molecule has 3 rings (SSSR count). The maximum atomic E-state index is 13.8. The van der Waals surface area contributed by atoms with Gasteiger partial charge in [-0.3, -0.25) is 10.2 Å². The first kappa shape index (κ1) is 18.5. The van der Waals surface area contributed by atoms with Crippen molar-refractivity contribution in [3.05, 3.63) is 42.0 Å². The lowest BCUT2D eigenvalue weighted by Crippen LogP contribution is -2.43. The second-order valence-corrected chi connectivity index (χ2v) is 7.07. The predicted octanol–water partition coefficient (Wildman–Crippen LogP) is 4.21. The summed E-state index contributed by atoms with van der Waals surface area (Å²) in [6.45, 7) is 5.56. The number of fused-ring (bicyclic) bond motifs is 1. The van der Waals surface area contributed by atoms with E-state index >= 15 is 0 Å². The number of amides is 1. The van der Waals surface area contributed by atoms with Crippen molar-refractivity contribution >= 4 is 16.7 Å². The van der Waals surface area contributed by atoms with Crippen LogP contribution in [-0.4, -0.2) is 30.2 Å². The summed E-state index contributed by atoms with van der Waals surface area (Å²) < 4.78 is 47.0. The SMILES string of the molecule is CCOc1cccc2cc(C(N3CC(C)(C)C(=O)N3)C(F)(F)F)ccc12. The van der Waals surface area contributed by atoms with E-state index in [1.165, 1.54) is 12.1 Å². The fourth-order valence-electron chi connectivity index (χ4n) is 3.24. The molecule has 2 aromatic carbocycles. The molecule has 1 unspecified atom stereocenters. The van der Waals surface area contributed by atoms with Crippen molar-refractivity contribution in [2.24, 2.45) is 5.41 Å². The minimum absolute atomic E-state index is 0.0208. The van der Waals surface area contributed by atoms with Crippen LogP contribution in [0, 0.1) is 5.41 Å². The van der Waals surface area contributed by atoms with Gasteiger partial charge in [-0.05, 0) is 43.9 Å². The number of alkyl halides is 3. The molecule has 140 valence electrons. The van der Waals surface area contributed by atoms with Gasteiger partial charge in [-0.15, -0.1) is 0 Å². The number of hydrazine groups is 1. The van der Waals surface area contributed by atoms with Crippen molar-refractivity contribution in [2.45, 2.75) is 33.0 Å². The Morgan fingerprint density at radius 3 is 2.58 bits per heavy atom. The Balaban J connectivity index is 2.04. The highest BCUT2D eigenvalue weighted by Crippen LogP contribution is 2.41. The highest BCUT2D eigenvalue weighted by molar-refractivity contribution is 5.89. The van der Waals surface area contributed by atoms with Crippen LogP contribution in [0.2, 0.25) is 0 Å². The highest BCUT2D eigenvalue weighted by Gasteiger charge is 2.51. The molecule has 1 saturated heterocycles. The van der Waals surface area contributed by atoms with Gasteiger partial charge in [-0.25, -0.2) is 5.01 Å². The average molecular weight is 366 g/mol. The number of carbonyl (C=O) groups is 1. The Morgan fingerprint density at radius 1 is 1.27 bits per heavy atom. The average Bonchev–Trinajstić information content (AvgIpc) is 2.79. The number of hydrogen-bond donors (Lipinski definition) is 1. The molecule has 1 aliphatic rings. The smallest absolute Gasteiger partial charge is 0.409 e. The zero-order valence-corrected chi connectivity index (χ0v) is 14.9. The van der Waals surface area contributed by atoms with Gasteiger partial charge in [0.05, 0.1) is 12.0 Å². The summed E-state index contributed by atoms with van der Waals surface area (Å²) in [4.78, 5) is 12.0. The summed E-state index contributed by atoms with van der Waals surface area (Å²) in [5.74, 6) is 0.224. The van der Waals surface area contributed by atoms with E-state index < -0.39 is 23.5 Å². The Morgan fingerprint density at radius 2 is 2.00 bits per heavy atom. The largest absolute Gasteiger partial charge is 0.493 e. The maximum absolute atomic E-state index is 13.8. The lowest BCUT2D eigenvalue weighted by atomic mass is 9.93. The summed E-state index contributed by atoms with van der Waals surface area (Å²) in [6.07, 6.45) is -4.53. The van der Waals surface area contributed by atoms with E-state index in [1.54, 1.807) is 38.1 Å². The first-order valence-electron chi connectivity index (χ1n) is 8.43. The standard InChI is InChI=1S/C19H21F3N2O2/c1-4-26-15-7-5-6-12-10-13(8-9-14(12)15)16(19(20,21)22)24-11-18(2,3)17(25)23-24/h5-10,16H,4,11H2,1-3H3,(H,23,25). The molecular formula is C19H21F3N2O2. The number of halogens is 3. The van der Waals surface area contributed by atoms with Gasteiger partial charge in [0.15, 0.2) is 0 Å². The number of nitrogens with zero attached hydrogens (tertiary/aromatic N) is 1. The molecule has 0 bridgehead atoms. The molecule has 1 heterocycles. The Kier molecular flexibility index (Phi) is 4.60. The number of benzene rings is 2. The van der Waals surface area contributed by atoms with Gasteiger partial charge >= 0.3 is 6.18 Å². The third-order valence-electron chi connectivity index (χ3n) is 4.53. The lowest BCUT2D eigenvalue weighted by molar-refractivity contribution is -0.191. The third-order valence-corrected chi connectivity index (χ3v) is 4.53. The first-order valence-corrected chi connectivity index (χ1v) is 8.43. The van der Waals surface area contributed by atoms with E-state index in [1.807, 2.05) is 6.92 Å². The van der Waals surface area contributed by atoms with E-state index in [-0.39, 0.29) is 12.1 Å².